The van der Waals surface area contributed by atoms with Gasteiger partial charge in [-0.3, -0.25) is 0 Å². The van der Waals surface area contributed by atoms with E-state index >= 15 is 0 Å². The van der Waals surface area contributed by atoms with E-state index in [0.29, 0.717) is 0 Å². The quantitative estimate of drug-likeness (QED) is 0.533. The molecule has 0 saturated heterocycles. The number of methoxy groups -OCH3 is 1. The second kappa shape index (κ2) is 5.95. The van der Waals surface area contributed by atoms with Crippen LogP contribution < -0.4 is 4.74 Å². The molecular weight excluding hydrogens is 167 g/mol. The van der Waals surface area contributed by atoms with E-state index in [9.17, 15) is 0 Å². The monoisotopic (exact) mass is 178 g/mol. The van der Waals surface area contributed by atoms with Crippen LogP contribution in [-0.2, 0) is 5.75 Å². The molecule has 0 spiro atoms. The molecule has 0 aliphatic rings. The Balaban J connectivity index is 0.000001000. The molecule has 0 unspecified atom stereocenters. The van der Waals surface area contributed by atoms with E-state index in [0.717, 1.165) is 11.5 Å². The Bertz CT molecular complexity index is 175. The van der Waals surface area contributed by atoms with Crippen LogP contribution in [0.4, 0.5) is 0 Å². The van der Waals surface area contributed by atoms with Crippen molar-refractivity contribution < 1.29 is 4.74 Å². The van der Waals surface area contributed by atoms with Crippen LogP contribution >= 0.6 is 12.6 Å². The molecule has 0 fully saturated rings. The third-order valence-corrected chi connectivity index (χ3v) is 1.71. The van der Waals surface area contributed by atoms with E-state index in [2.05, 4.69) is 12.6 Å². The molecule has 0 radical (unpaired) electrons. The Morgan fingerprint density at radius 1 is 1.27 bits per heavy atom. The molecule has 3 heteroatoms. The van der Waals surface area contributed by atoms with E-state index in [1.165, 1.54) is 5.56 Å². The summed E-state index contributed by atoms with van der Waals surface area (Å²) in [5.41, 5.74) is 1.21. The Kier molecular flexibility index (Phi) is 6.15. The fraction of sp³-hybridized carbons (Fsp3) is 0.250. The van der Waals surface area contributed by atoms with E-state index in [1.807, 2.05) is 24.3 Å². The standard InChI is InChI=1S/C8H10OS.Na.H/c1-9-8-4-2-7(6-10)3-5-8;;/h2-5,10H,6H2,1H3;;. The Morgan fingerprint density at radius 2 is 1.82 bits per heavy atom. The first-order valence-electron chi connectivity index (χ1n) is 3.10. The summed E-state index contributed by atoms with van der Waals surface area (Å²) in [6, 6.07) is 7.88. The van der Waals surface area contributed by atoms with Gasteiger partial charge in [-0.15, -0.1) is 0 Å². The van der Waals surface area contributed by atoms with Crippen LogP contribution in [-0.4, -0.2) is 36.7 Å². The molecule has 0 saturated carbocycles. The van der Waals surface area contributed by atoms with Gasteiger partial charge in [-0.05, 0) is 17.7 Å². The summed E-state index contributed by atoms with van der Waals surface area (Å²) in [7, 11) is 1.66. The molecule has 0 N–H and O–H groups in total. The zero-order valence-electron chi connectivity index (χ0n) is 5.87. The van der Waals surface area contributed by atoms with Crippen LogP contribution in [0.25, 0.3) is 0 Å². The van der Waals surface area contributed by atoms with E-state index < -0.39 is 0 Å². The van der Waals surface area contributed by atoms with Crippen molar-refractivity contribution in [1.82, 2.24) is 0 Å². The Morgan fingerprint density at radius 3 is 2.18 bits per heavy atom. The molecule has 1 aromatic rings. The van der Waals surface area contributed by atoms with Crippen LogP contribution in [0.1, 0.15) is 5.56 Å². The van der Waals surface area contributed by atoms with Crippen molar-refractivity contribution >= 4 is 42.2 Å². The van der Waals surface area contributed by atoms with Crippen molar-refractivity contribution in [3.8, 4) is 5.75 Å². The summed E-state index contributed by atoms with van der Waals surface area (Å²) in [4.78, 5) is 0. The minimum absolute atomic E-state index is 0. The van der Waals surface area contributed by atoms with Gasteiger partial charge in [0.15, 0.2) is 0 Å². The van der Waals surface area contributed by atoms with E-state index in [-0.39, 0.29) is 29.6 Å². The number of thiol groups is 1. The van der Waals surface area contributed by atoms with Crippen molar-refractivity contribution in [2.45, 2.75) is 5.75 Å². The molecule has 1 nitrogen and oxygen atoms in total. The summed E-state index contributed by atoms with van der Waals surface area (Å²) in [5, 5.41) is 0. The molecule has 1 aromatic carbocycles. The van der Waals surface area contributed by atoms with Gasteiger partial charge in [-0.2, -0.15) is 12.6 Å². The summed E-state index contributed by atoms with van der Waals surface area (Å²) < 4.78 is 4.99. The topological polar surface area (TPSA) is 9.23 Å². The molecule has 56 valence electrons. The molecule has 0 aliphatic carbocycles. The van der Waals surface area contributed by atoms with Gasteiger partial charge in [0.05, 0.1) is 7.11 Å². The molecule has 0 bridgehead atoms. The maximum absolute atomic E-state index is 4.99. The average molecular weight is 178 g/mol. The van der Waals surface area contributed by atoms with Crippen LogP contribution in [0, 0.1) is 0 Å². The number of hydrogen-bond acceptors (Lipinski definition) is 2. The van der Waals surface area contributed by atoms with Gasteiger partial charge in [-0.25, -0.2) is 0 Å². The van der Waals surface area contributed by atoms with Gasteiger partial charge in [0.2, 0.25) is 0 Å². The summed E-state index contributed by atoms with van der Waals surface area (Å²) in [5.74, 6) is 1.68. The maximum atomic E-state index is 4.99. The van der Waals surface area contributed by atoms with Crippen molar-refractivity contribution in [2.24, 2.45) is 0 Å². The number of hydrogen-bond donors (Lipinski definition) is 1. The average Bonchev–Trinajstić information content (AvgIpc) is 2.05. The Hall–Kier alpha value is 0.370. The number of rotatable bonds is 2. The first-order chi connectivity index (χ1) is 4.86. The first kappa shape index (κ1) is 11.4. The predicted octanol–water partition coefficient (Wildman–Crippen LogP) is 1.48. The second-order valence-electron chi connectivity index (χ2n) is 2.01. The second-order valence-corrected chi connectivity index (χ2v) is 2.32. The molecule has 0 atom stereocenters. The van der Waals surface area contributed by atoms with Crippen molar-refractivity contribution in [2.75, 3.05) is 7.11 Å². The fourth-order valence-corrected chi connectivity index (χ4v) is 0.942. The fourth-order valence-electron chi connectivity index (χ4n) is 0.731. The van der Waals surface area contributed by atoms with Crippen LogP contribution in [0.5, 0.6) is 5.75 Å². The third-order valence-electron chi connectivity index (χ3n) is 1.34. The molecule has 0 heterocycles. The van der Waals surface area contributed by atoms with Gasteiger partial charge in [-0.1, -0.05) is 12.1 Å². The Labute approximate surface area is 94.8 Å². The molecule has 0 aliphatic heterocycles. The van der Waals surface area contributed by atoms with Crippen LogP contribution in [0.15, 0.2) is 24.3 Å². The summed E-state index contributed by atoms with van der Waals surface area (Å²) >= 11 is 4.13. The zero-order valence-corrected chi connectivity index (χ0v) is 6.77. The van der Waals surface area contributed by atoms with Crippen molar-refractivity contribution in [3.05, 3.63) is 29.8 Å². The van der Waals surface area contributed by atoms with E-state index in [1.54, 1.807) is 7.11 Å². The summed E-state index contributed by atoms with van der Waals surface area (Å²) in [6.45, 7) is 0. The first-order valence-corrected chi connectivity index (χ1v) is 3.74. The van der Waals surface area contributed by atoms with Crippen LogP contribution in [0.2, 0.25) is 0 Å². The van der Waals surface area contributed by atoms with Crippen LogP contribution in [0.3, 0.4) is 0 Å². The minimum atomic E-state index is 0. The molecule has 0 aromatic heterocycles. The van der Waals surface area contributed by atoms with Gasteiger partial charge in [0.1, 0.15) is 5.75 Å². The number of ether oxygens (including phenoxy) is 1. The predicted molar refractivity (Wildman–Crippen MR) is 52.8 cm³/mol. The molecule has 0 amide bonds. The van der Waals surface area contributed by atoms with Crippen molar-refractivity contribution in [3.63, 3.8) is 0 Å². The van der Waals surface area contributed by atoms with Gasteiger partial charge in [0, 0.05) is 5.75 Å². The summed E-state index contributed by atoms with van der Waals surface area (Å²) in [6.07, 6.45) is 0. The zero-order chi connectivity index (χ0) is 7.40. The SMILES string of the molecule is COc1ccc(CS)cc1.[NaH]. The molecule has 1 rings (SSSR count). The van der Waals surface area contributed by atoms with Gasteiger partial charge >= 0.3 is 29.6 Å². The van der Waals surface area contributed by atoms with E-state index in [4.69, 9.17) is 4.74 Å². The third kappa shape index (κ3) is 3.52. The van der Waals surface area contributed by atoms with Crippen molar-refractivity contribution in [1.29, 1.82) is 0 Å². The number of benzene rings is 1. The molecular formula is C8H11NaOS. The van der Waals surface area contributed by atoms with Gasteiger partial charge in [0.25, 0.3) is 0 Å². The normalized spacial score (nSPS) is 8.55. The van der Waals surface area contributed by atoms with Gasteiger partial charge < -0.3 is 4.74 Å². The molecule has 11 heavy (non-hydrogen) atoms.